The Morgan fingerprint density at radius 3 is 2.93 bits per heavy atom. The lowest BCUT2D eigenvalue weighted by Crippen LogP contribution is -2.47. The van der Waals surface area contributed by atoms with Crippen LogP contribution < -0.4 is 5.32 Å². The van der Waals surface area contributed by atoms with Gasteiger partial charge in [0.05, 0.1) is 19.1 Å². The first-order valence-electron chi connectivity index (χ1n) is 5.72. The monoisotopic (exact) mass is 213 g/mol. The Labute approximate surface area is 90.3 Å². The van der Waals surface area contributed by atoms with Gasteiger partial charge in [-0.25, -0.2) is 0 Å². The summed E-state index contributed by atoms with van der Waals surface area (Å²) in [6, 6.07) is 0. The van der Waals surface area contributed by atoms with Crippen LogP contribution in [0.5, 0.6) is 0 Å². The van der Waals surface area contributed by atoms with E-state index in [-0.39, 0.29) is 11.9 Å². The molecule has 0 aliphatic carbocycles. The number of esters is 1. The molecule has 4 heteroatoms. The molecule has 0 aromatic carbocycles. The molecule has 2 heterocycles. The van der Waals surface area contributed by atoms with E-state index in [4.69, 9.17) is 9.47 Å². The number of carbonyl (C=O) groups is 1. The van der Waals surface area contributed by atoms with Crippen molar-refractivity contribution in [2.75, 3.05) is 32.9 Å². The number of hydrogen-bond donors (Lipinski definition) is 1. The fourth-order valence-corrected chi connectivity index (χ4v) is 1.90. The van der Waals surface area contributed by atoms with Crippen LogP contribution in [0.2, 0.25) is 0 Å². The van der Waals surface area contributed by atoms with Crippen LogP contribution in [0, 0.1) is 17.8 Å². The Kier molecular flexibility index (Phi) is 3.59. The van der Waals surface area contributed by atoms with Crippen LogP contribution in [-0.2, 0) is 14.3 Å². The highest BCUT2D eigenvalue weighted by atomic mass is 16.5. The summed E-state index contributed by atoms with van der Waals surface area (Å²) in [6.45, 7) is 5.94. The van der Waals surface area contributed by atoms with Crippen molar-refractivity contribution < 1.29 is 14.3 Å². The fraction of sp³-hybridized carbons (Fsp3) is 0.909. The minimum atomic E-state index is -0.0478. The van der Waals surface area contributed by atoms with E-state index in [0.29, 0.717) is 18.4 Å². The second kappa shape index (κ2) is 4.94. The zero-order chi connectivity index (χ0) is 10.7. The average Bonchev–Trinajstić information content (AvgIpc) is 2.63. The third-order valence-electron chi connectivity index (χ3n) is 3.38. The smallest absolute Gasteiger partial charge is 0.309 e. The predicted molar refractivity (Wildman–Crippen MR) is 55.4 cm³/mol. The lowest BCUT2D eigenvalue weighted by molar-refractivity contribution is -0.151. The minimum absolute atomic E-state index is 0.0357. The summed E-state index contributed by atoms with van der Waals surface area (Å²) >= 11 is 0. The van der Waals surface area contributed by atoms with Gasteiger partial charge >= 0.3 is 5.97 Å². The van der Waals surface area contributed by atoms with Crippen LogP contribution in [-0.4, -0.2) is 38.9 Å². The normalized spacial score (nSPS) is 28.5. The summed E-state index contributed by atoms with van der Waals surface area (Å²) in [4.78, 5) is 11.6. The average molecular weight is 213 g/mol. The van der Waals surface area contributed by atoms with Crippen LogP contribution in [0.25, 0.3) is 0 Å². The van der Waals surface area contributed by atoms with Crippen LogP contribution >= 0.6 is 0 Å². The molecule has 2 aliphatic rings. The summed E-state index contributed by atoms with van der Waals surface area (Å²) in [5.41, 5.74) is 0. The summed E-state index contributed by atoms with van der Waals surface area (Å²) in [6.07, 6.45) is 1.02. The molecule has 2 aliphatic heterocycles. The quantitative estimate of drug-likeness (QED) is 0.688. The van der Waals surface area contributed by atoms with Gasteiger partial charge in [0.25, 0.3) is 0 Å². The molecule has 0 amide bonds. The maximum Gasteiger partial charge on any atom is 0.309 e. The molecule has 0 spiro atoms. The van der Waals surface area contributed by atoms with Crippen LogP contribution in [0.3, 0.4) is 0 Å². The highest BCUT2D eigenvalue weighted by Crippen LogP contribution is 2.19. The molecule has 2 atom stereocenters. The van der Waals surface area contributed by atoms with Crippen molar-refractivity contribution in [3.05, 3.63) is 0 Å². The molecule has 0 radical (unpaired) electrons. The van der Waals surface area contributed by atoms with E-state index >= 15 is 0 Å². The molecule has 0 aromatic rings. The largest absolute Gasteiger partial charge is 0.465 e. The SMILES string of the molecule is CC(C(=O)OCC1CCOC1)C1CNC1. The van der Waals surface area contributed by atoms with Gasteiger partial charge in [-0.1, -0.05) is 6.92 Å². The van der Waals surface area contributed by atoms with E-state index in [0.717, 1.165) is 32.7 Å². The maximum atomic E-state index is 11.6. The van der Waals surface area contributed by atoms with Gasteiger partial charge in [-0.3, -0.25) is 4.79 Å². The Morgan fingerprint density at radius 1 is 1.60 bits per heavy atom. The van der Waals surface area contributed by atoms with Crippen LogP contribution in [0.1, 0.15) is 13.3 Å². The van der Waals surface area contributed by atoms with Crippen molar-refractivity contribution >= 4 is 5.97 Å². The van der Waals surface area contributed by atoms with Crippen molar-refractivity contribution in [3.63, 3.8) is 0 Å². The molecule has 0 bridgehead atoms. The molecule has 2 unspecified atom stereocenters. The Balaban J connectivity index is 1.66. The van der Waals surface area contributed by atoms with E-state index in [2.05, 4.69) is 5.32 Å². The summed E-state index contributed by atoms with van der Waals surface area (Å²) in [5.74, 6) is 0.875. The van der Waals surface area contributed by atoms with Crippen molar-refractivity contribution in [3.8, 4) is 0 Å². The van der Waals surface area contributed by atoms with Gasteiger partial charge in [0.2, 0.25) is 0 Å². The first-order valence-corrected chi connectivity index (χ1v) is 5.72. The number of hydrogen-bond acceptors (Lipinski definition) is 4. The zero-order valence-corrected chi connectivity index (χ0v) is 9.20. The Hall–Kier alpha value is -0.610. The van der Waals surface area contributed by atoms with E-state index in [1.54, 1.807) is 0 Å². The van der Waals surface area contributed by atoms with Gasteiger partial charge in [-0.05, 0) is 25.4 Å². The van der Waals surface area contributed by atoms with Gasteiger partial charge in [0.15, 0.2) is 0 Å². The molecular weight excluding hydrogens is 194 g/mol. The number of ether oxygens (including phenoxy) is 2. The molecule has 0 saturated carbocycles. The van der Waals surface area contributed by atoms with Crippen molar-refractivity contribution in [1.82, 2.24) is 5.32 Å². The van der Waals surface area contributed by atoms with Gasteiger partial charge in [0.1, 0.15) is 0 Å². The van der Waals surface area contributed by atoms with Crippen molar-refractivity contribution in [1.29, 1.82) is 0 Å². The van der Waals surface area contributed by atoms with E-state index in [1.807, 2.05) is 6.92 Å². The molecule has 2 fully saturated rings. The zero-order valence-electron chi connectivity index (χ0n) is 9.20. The highest BCUT2D eigenvalue weighted by molar-refractivity contribution is 5.72. The van der Waals surface area contributed by atoms with Crippen molar-refractivity contribution in [2.24, 2.45) is 17.8 Å². The van der Waals surface area contributed by atoms with Crippen molar-refractivity contribution in [2.45, 2.75) is 13.3 Å². The number of carbonyl (C=O) groups excluding carboxylic acids is 1. The summed E-state index contributed by atoms with van der Waals surface area (Å²) < 4.78 is 10.5. The van der Waals surface area contributed by atoms with Crippen LogP contribution in [0.15, 0.2) is 0 Å². The van der Waals surface area contributed by atoms with E-state index < -0.39 is 0 Å². The molecule has 2 rings (SSSR count). The Morgan fingerprint density at radius 2 is 2.40 bits per heavy atom. The standard InChI is InChI=1S/C11H19NO3/c1-8(10-4-12-5-10)11(13)15-7-9-2-3-14-6-9/h8-10,12H,2-7H2,1H3. The predicted octanol–water partition coefficient (Wildman–Crippen LogP) is 0.422. The third-order valence-corrected chi connectivity index (χ3v) is 3.38. The summed E-state index contributed by atoms with van der Waals surface area (Å²) in [7, 11) is 0. The van der Waals surface area contributed by atoms with Gasteiger partial charge in [0, 0.05) is 12.5 Å². The van der Waals surface area contributed by atoms with Gasteiger partial charge in [-0.15, -0.1) is 0 Å². The first-order chi connectivity index (χ1) is 7.27. The second-order valence-electron chi connectivity index (χ2n) is 4.57. The Bertz CT molecular complexity index is 222. The molecular formula is C11H19NO3. The van der Waals surface area contributed by atoms with Gasteiger partial charge in [-0.2, -0.15) is 0 Å². The van der Waals surface area contributed by atoms with Gasteiger partial charge < -0.3 is 14.8 Å². The first kappa shape index (κ1) is 10.9. The minimum Gasteiger partial charge on any atom is -0.465 e. The fourth-order valence-electron chi connectivity index (χ4n) is 1.90. The van der Waals surface area contributed by atoms with E-state index in [9.17, 15) is 4.79 Å². The number of rotatable bonds is 4. The molecule has 1 N–H and O–H groups in total. The lowest BCUT2D eigenvalue weighted by Gasteiger charge is -2.31. The highest BCUT2D eigenvalue weighted by Gasteiger charge is 2.30. The van der Waals surface area contributed by atoms with E-state index in [1.165, 1.54) is 0 Å². The lowest BCUT2D eigenvalue weighted by atomic mass is 9.89. The topological polar surface area (TPSA) is 47.6 Å². The molecule has 86 valence electrons. The molecule has 0 aromatic heterocycles. The second-order valence-corrected chi connectivity index (χ2v) is 4.57. The number of nitrogens with one attached hydrogen (secondary N) is 1. The summed E-state index contributed by atoms with van der Waals surface area (Å²) in [5, 5.41) is 3.17. The van der Waals surface area contributed by atoms with Crippen LogP contribution in [0.4, 0.5) is 0 Å². The maximum absolute atomic E-state index is 11.6. The molecule has 2 saturated heterocycles. The molecule has 15 heavy (non-hydrogen) atoms. The molecule has 4 nitrogen and oxygen atoms in total. The third kappa shape index (κ3) is 2.69.